The number of nitro benzene ring substituents is 1. The molecule has 0 radical (unpaired) electrons. The van der Waals surface area contributed by atoms with Crippen molar-refractivity contribution in [3.8, 4) is 6.07 Å². The van der Waals surface area contributed by atoms with E-state index in [-0.39, 0.29) is 17.2 Å². The fraction of sp³-hybridized carbons (Fsp3) is 0.278. The van der Waals surface area contributed by atoms with Crippen molar-refractivity contribution in [2.24, 2.45) is 0 Å². The van der Waals surface area contributed by atoms with Gasteiger partial charge in [0.2, 0.25) is 0 Å². The zero-order valence-corrected chi connectivity index (χ0v) is 14.8. The smallest absolute Gasteiger partial charge is 0.269 e. The molecule has 1 aromatic heterocycles. The van der Waals surface area contributed by atoms with Gasteiger partial charge in [0.15, 0.2) is 5.78 Å². The summed E-state index contributed by atoms with van der Waals surface area (Å²) in [6, 6.07) is 9.60. The Morgan fingerprint density at radius 3 is 2.60 bits per heavy atom. The van der Waals surface area contributed by atoms with Crippen molar-refractivity contribution in [2.75, 3.05) is 5.75 Å². The normalized spacial score (nSPS) is 10.3. The SMILES string of the molecule is CCCc1cc(C)nc(SCC(=O)c2ccc([N+](=O)[O-])cc2)c1C#N. The molecule has 25 heavy (non-hydrogen) atoms. The number of ketones is 1. The molecule has 6 nitrogen and oxygen atoms in total. The number of carbonyl (C=O) groups excluding carboxylic acids is 1. The van der Waals surface area contributed by atoms with Crippen LogP contribution in [0.2, 0.25) is 0 Å². The quantitative estimate of drug-likeness (QED) is 0.321. The number of rotatable bonds is 7. The Balaban J connectivity index is 2.16. The van der Waals surface area contributed by atoms with Crippen molar-refractivity contribution in [1.29, 1.82) is 5.26 Å². The molecule has 0 bridgehead atoms. The topological polar surface area (TPSA) is 96.9 Å². The third-order valence-electron chi connectivity index (χ3n) is 3.57. The number of hydrogen-bond acceptors (Lipinski definition) is 6. The van der Waals surface area contributed by atoms with Crippen LogP contribution in [0.15, 0.2) is 35.4 Å². The highest BCUT2D eigenvalue weighted by molar-refractivity contribution is 8.00. The number of aromatic nitrogens is 1. The van der Waals surface area contributed by atoms with Gasteiger partial charge in [-0.15, -0.1) is 0 Å². The van der Waals surface area contributed by atoms with E-state index in [0.29, 0.717) is 16.2 Å². The van der Waals surface area contributed by atoms with Crippen molar-refractivity contribution in [3.63, 3.8) is 0 Å². The summed E-state index contributed by atoms with van der Waals surface area (Å²) in [5.74, 6) is -0.0433. The van der Waals surface area contributed by atoms with Crippen LogP contribution >= 0.6 is 11.8 Å². The van der Waals surface area contributed by atoms with E-state index < -0.39 is 4.92 Å². The van der Waals surface area contributed by atoms with Gasteiger partial charge < -0.3 is 0 Å². The van der Waals surface area contributed by atoms with E-state index in [9.17, 15) is 20.2 Å². The minimum absolute atomic E-state index is 0.0551. The molecule has 2 rings (SSSR count). The molecule has 0 saturated carbocycles. The molecule has 1 aromatic carbocycles. The molecule has 0 N–H and O–H groups in total. The number of nitriles is 1. The van der Waals surface area contributed by atoms with E-state index in [1.165, 1.54) is 36.0 Å². The van der Waals surface area contributed by atoms with Gasteiger partial charge in [-0.05, 0) is 37.1 Å². The molecule has 0 saturated heterocycles. The third-order valence-corrected chi connectivity index (χ3v) is 4.54. The number of non-ortho nitro benzene ring substituents is 1. The van der Waals surface area contributed by atoms with Crippen molar-refractivity contribution in [3.05, 3.63) is 62.8 Å². The lowest BCUT2D eigenvalue weighted by Gasteiger charge is -2.09. The first-order chi connectivity index (χ1) is 12.0. The standard InChI is InChI=1S/C18H17N3O3S/c1-3-4-14-9-12(2)20-18(16(14)10-19)25-11-17(22)13-5-7-15(8-6-13)21(23)24/h5-9H,3-4,11H2,1-2H3. The van der Waals surface area contributed by atoms with Crippen LogP contribution in [-0.2, 0) is 6.42 Å². The summed E-state index contributed by atoms with van der Waals surface area (Å²) >= 11 is 1.22. The summed E-state index contributed by atoms with van der Waals surface area (Å²) in [5.41, 5.74) is 2.63. The predicted molar refractivity (Wildman–Crippen MR) is 95.8 cm³/mol. The third kappa shape index (κ3) is 4.64. The number of nitro groups is 1. The van der Waals surface area contributed by atoms with Gasteiger partial charge in [-0.3, -0.25) is 14.9 Å². The van der Waals surface area contributed by atoms with Gasteiger partial charge in [-0.25, -0.2) is 4.98 Å². The van der Waals surface area contributed by atoms with Gasteiger partial charge in [0.25, 0.3) is 5.69 Å². The lowest BCUT2D eigenvalue weighted by molar-refractivity contribution is -0.384. The summed E-state index contributed by atoms with van der Waals surface area (Å²) in [6.45, 7) is 3.91. The van der Waals surface area contributed by atoms with E-state index in [1.807, 2.05) is 19.9 Å². The van der Waals surface area contributed by atoms with E-state index >= 15 is 0 Å². The Morgan fingerprint density at radius 2 is 2.04 bits per heavy atom. The molecule has 0 fully saturated rings. The average Bonchev–Trinajstić information content (AvgIpc) is 2.59. The number of nitrogens with zero attached hydrogens (tertiary/aromatic N) is 3. The maximum Gasteiger partial charge on any atom is 0.269 e. The largest absolute Gasteiger partial charge is 0.293 e. The number of pyridine rings is 1. The molecule has 0 unspecified atom stereocenters. The van der Waals surface area contributed by atoms with Gasteiger partial charge in [-0.2, -0.15) is 5.26 Å². The Morgan fingerprint density at radius 1 is 1.36 bits per heavy atom. The Bertz CT molecular complexity index is 842. The van der Waals surface area contributed by atoms with Gasteiger partial charge in [-0.1, -0.05) is 25.1 Å². The first kappa shape index (κ1) is 18.6. The molecule has 0 aliphatic heterocycles. The lowest BCUT2D eigenvalue weighted by atomic mass is 10.1. The molecule has 0 spiro atoms. The van der Waals surface area contributed by atoms with E-state index in [1.54, 1.807) is 0 Å². The van der Waals surface area contributed by atoms with Crippen molar-refractivity contribution in [1.82, 2.24) is 4.98 Å². The molecule has 7 heteroatoms. The zero-order valence-electron chi connectivity index (χ0n) is 14.0. The summed E-state index contributed by atoms with van der Waals surface area (Å²) in [5, 5.41) is 20.6. The van der Waals surface area contributed by atoms with E-state index in [0.717, 1.165) is 24.1 Å². The molecule has 0 aliphatic rings. The molecule has 0 amide bonds. The minimum atomic E-state index is -0.506. The van der Waals surface area contributed by atoms with Crippen molar-refractivity contribution >= 4 is 23.2 Å². The van der Waals surface area contributed by atoms with Crippen molar-refractivity contribution < 1.29 is 9.72 Å². The van der Waals surface area contributed by atoms with Crippen LogP contribution in [0.5, 0.6) is 0 Å². The molecule has 0 aliphatic carbocycles. The van der Waals surface area contributed by atoms with Gasteiger partial charge in [0.05, 0.1) is 16.2 Å². The van der Waals surface area contributed by atoms with Crippen LogP contribution < -0.4 is 0 Å². The fourth-order valence-corrected chi connectivity index (χ4v) is 3.35. The minimum Gasteiger partial charge on any atom is -0.293 e. The fourth-order valence-electron chi connectivity index (χ4n) is 2.39. The number of carbonyl (C=O) groups is 1. The molecular weight excluding hydrogens is 338 g/mol. The first-order valence-electron chi connectivity index (χ1n) is 7.77. The zero-order chi connectivity index (χ0) is 18.4. The summed E-state index contributed by atoms with van der Waals surface area (Å²) in [7, 11) is 0. The summed E-state index contributed by atoms with van der Waals surface area (Å²) in [4.78, 5) is 26.8. The second-order valence-corrected chi connectivity index (χ2v) is 6.44. The maximum atomic E-state index is 12.3. The van der Waals surface area contributed by atoms with Gasteiger partial charge in [0.1, 0.15) is 11.1 Å². The summed E-state index contributed by atoms with van der Waals surface area (Å²) in [6.07, 6.45) is 1.71. The van der Waals surface area contributed by atoms with Crippen LogP contribution in [0, 0.1) is 28.4 Å². The Kier molecular flexibility index (Phi) is 6.25. The molecule has 128 valence electrons. The second-order valence-electron chi connectivity index (χ2n) is 5.48. The summed E-state index contributed by atoms with van der Waals surface area (Å²) < 4.78 is 0. The molecular formula is C18H17N3O3S. The molecule has 2 aromatic rings. The highest BCUT2D eigenvalue weighted by Crippen LogP contribution is 2.26. The van der Waals surface area contributed by atoms with Gasteiger partial charge in [0, 0.05) is 23.4 Å². The second kappa shape index (κ2) is 8.40. The van der Waals surface area contributed by atoms with Crippen LogP contribution in [-0.4, -0.2) is 21.4 Å². The number of benzene rings is 1. The van der Waals surface area contributed by atoms with Crippen LogP contribution in [0.25, 0.3) is 0 Å². The van der Waals surface area contributed by atoms with Gasteiger partial charge >= 0.3 is 0 Å². The maximum absolute atomic E-state index is 12.3. The monoisotopic (exact) mass is 355 g/mol. The highest BCUT2D eigenvalue weighted by Gasteiger charge is 2.15. The predicted octanol–water partition coefficient (Wildman–Crippen LogP) is 4.10. The van der Waals surface area contributed by atoms with Crippen LogP contribution in [0.3, 0.4) is 0 Å². The van der Waals surface area contributed by atoms with E-state index in [4.69, 9.17) is 0 Å². The van der Waals surface area contributed by atoms with Crippen LogP contribution in [0.4, 0.5) is 5.69 Å². The average molecular weight is 355 g/mol. The number of Topliss-reactive ketones (excluding diaryl/α,β-unsaturated/α-hetero) is 1. The number of aryl methyl sites for hydroxylation is 2. The molecule has 1 heterocycles. The van der Waals surface area contributed by atoms with Crippen LogP contribution in [0.1, 0.15) is 40.5 Å². The Hall–Kier alpha value is -2.72. The molecule has 0 atom stereocenters. The number of hydrogen-bond donors (Lipinski definition) is 0. The number of thioether (sulfide) groups is 1. The van der Waals surface area contributed by atoms with Crippen molar-refractivity contribution in [2.45, 2.75) is 31.7 Å². The Labute approximate surface area is 150 Å². The van der Waals surface area contributed by atoms with E-state index in [2.05, 4.69) is 11.1 Å². The highest BCUT2D eigenvalue weighted by atomic mass is 32.2. The first-order valence-corrected chi connectivity index (χ1v) is 8.76. The lowest BCUT2D eigenvalue weighted by Crippen LogP contribution is -2.05.